The molecule has 26 heavy (non-hydrogen) atoms. The average Bonchev–Trinajstić information content (AvgIpc) is 2.68. The van der Waals surface area contributed by atoms with Crippen LogP contribution >= 0.6 is 0 Å². The molecule has 0 bridgehead atoms. The van der Waals surface area contributed by atoms with Gasteiger partial charge in [-0.2, -0.15) is 0 Å². The number of benzene rings is 4. The van der Waals surface area contributed by atoms with Crippen molar-refractivity contribution >= 4 is 16.9 Å². The number of hydrogen-bond acceptors (Lipinski definition) is 2. The van der Waals surface area contributed by atoms with Gasteiger partial charge in [0.05, 0.1) is 0 Å². The van der Waals surface area contributed by atoms with Gasteiger partial charge in [0.15, 0.2) is 0 Å². The Bertz CT molecular complexity index is 1080. The lowest BCUT2D eigenvalue weighted by atomic mass is 9.95. The van der Waals surface area contributed by atoms with E-state index < -0.39 is 6.16 Å². The van der Waals surface area contributed by atoms with Crippen molar-refractivity contribution in [1.82, 2.24) is 0 Å². The highest BCUT2D eigenvalue weighted by molar-refractivity contribution is 5.97. The van der Waals surface area contributed by atoms with Crippen molar-refractivity contribution in [3.8, 4) is 28.0 Å². The van der Waals surface area contributed by atoms with Crippen molar-refractivity contribution in [2.75, 3.05) is 0 Å². The number of rotatable bonds is 3. The third-order valence-corrected chi connectivity index (χ3v) is 4.36. The van der Waals surface area contributed by atoms with Gasteiger partial charge >= 0.3 is 6.16 Å². The van der Waals surface area contributed by atoms with E-state index in [4.69, 9.17) is 9.84 Å². The molecule has 3 heteroatoms. The van der Waals surface area contributed by atoms with Crippen molar-refractivity contribution in [3.05, 3.63) is 91.0 Å². The molecule has 3 nitrogen and oxygen atoms in total. The molecule has 0 aliphatic carbocycles. The molecule has 0 heterocycles. The molecular formula is C23H16O3. The molecule has 0 fully saturated rings. The van der Waals surface area contributed by atoms with Crippen LogP contribution in [0.1, 0.15) is 0 Å². The van der Waals surface area contributed by atoms with Crippen LogP contribution in [0, 0.1) is 0 Å². The Morgan fingerprint density at radius 3 is 2.23 bits per heavy atom. The summed E-state index contributed by atoms with van der Waals surface area (Å²) < 4.78 is 4.99. The van der Waals surface area contributed by atoms with E-state index in [0.717, 1.165) is 33.0 Å². The molecular weight excluding hydrogens is 324 g/mol. The predicted molar refractivity (Wildman–Crippen MR) is 103 cm³/mol. The zero-order valence-corrected chi connectivity index (χ0v) is 13.9. The Morgan fingerprint density at radius 2 is 1.42 bits per heavy atom. The minimum absolute atomic E-state index is 0.327. The van der Waals surface area contributed by atoms with Crippen LogP contribution in [-0.2, 0) is 0 Å². The van der Waals surface area contributed by atoms with Gasteiger partial charge in [-0.25, -0.2) is 4.79 Å². The molecule has 126 valence electrons. The molecule has 0 spiro atoms. The monoisotopic (exact) mass is 340 g/mol. The summed E-state index contributed by atoms with van der Waals surface area (Å²) in [5.41, 5.74) is 3.77. The topological polar surface area (TPSA) is 46.5 Å². The molecule has 0 saturated heterocycles. The van der Waals surface area contributed by atoms with E-state index in [1.807, 2.05) is 60.7 Å². The van der Waals surface area contributed by atoms with Gasteiger partial charge in [0.1, 0.15) is 5.75 Å². The Hall–Kier alpha value is -3.59. The van der Waals surface area contributed by atoms with E-state index in [9.17, 15) is 4.79 Å². The Morgan fingerprint density at radius 1 is 0.692 bits per heavy atom. The molecule has 0 radical (unpaired) electrons. The first-order valence-electron chi connectivity index (χ1n) is 8.31. The third-order valence-electron chi connectivity index (χ3n) is 4.36. The molecule has 0 unspecified atom stereocenters. The Balaban J connectivity index is 1.92. The summed E-state index contributed by atoms with van der Waals surface area (Å²) in [5.74, 6) is 0.327. The van der Waals surface area contributed by atoms with E-state index in [0.29, 0.717) is 5.75 Å². The van der Waals surface area contributed by atoms with Crippen LogP contribution in [0.2, 0.25) is 0 Å². The van der Waals surface area contributed by atoms with E-state index >= 15 is 0 Å². The summed E-state index contributed by atoms with van der Waals surface area (Å²) in [4.78, 5) is 11.1. The number of fused-ring (bicyclic) bond motifs is 1. The molecule has 4 aromatic rings. The molecule has 0 amide bonds. The van der Waals surface area contributed by atoms with Crippen molar-refractivity contribution < 1.29 is 14.6 Å². The zero-order chi connectivity index (χ0) is 17.9. The van der Waals surface area contributed by atoms with Crippen molar-refractivity contribution in [1.29, 1.82) is 0 Å². The van der Waals surface area contributed by atoms with Crippen LogP contribution in [0.25, 0.3) is 33.0 Å². The number of ether oxygens (including phenoxy) is 1. The van der Waals surface area contributed by atoms with Gasteiger partial charge in [0.2, 0.25) is 0 Å². The quantitative estimate of drug-likeness (QED) is 0.355. The lowest BCUT2D eigenvalue weighted by Gasteiger charge is -2.12. The molecule has 0 aliphatic heterocycles. The molecule has 0 aliphatic rings. The standard InChI is InChI=1S/C23H16O3/c24-23(25)26-22-14-13-18(15-21(22)17-7-2-1-3-8-17)20-12-6-10-16-9-4-5-11-19(16)20/h1-15H,(H,24,25). The average molecular weight is 340 g/mol. The van der Waals surface area contributed by atoms with Gasteiger partial charge in [-0.15, -0.1) is 0 Å². The lowest BCUT2D eigenvalue weighted by Crippen LogP contribution is -2.04. The van der Waals surface area contributed by atoms with Gasteiger partial charge in [0, 0.05) is 5.56 Å². The molecule has 4 rings (SSSR count). The Labute approximate surface area is 151 Å². The van der Waals surface area contributed by atoms with E-state index in [1.54, 1.807) is 6.07 Å². The minimum atomic E-state index is -1.32. The largest absolute Gasteiger partial charge is 0.511 e. The predicted octanol–water partition coefficient (Wildman–Crippen LogP) is 6.23. The normalized spacial score (nSPS) is 10.6. The van der Waals surface area contributed by atoms with Gasteiger partial charge < -0.3 is 9.84 Å². The first-order chi connectivity index (χ1) is 12.7. The zero-order valence-electron chi connectivity index (χ0n) is 13.9. The molecule has 4 aromatic carbocycles. The van der Waals surface area contributed by atoms with Gasteiger partial charge in [-0.3, -0.25) is 0 Å². The second kappa shape index (κ2) is 6.73. The summed E-state index contributed by atoms with van der Waals surface area (Å²) in [6.45, 7) is 0. The smallest absolute Gasteiger partial charge is 0.449 e. The molecule has 0 aromatic heterocycles. The first kappa shape index (κ1) is 15.9. The van der Waals surface area contributed by atoms with E-state index in [1.165, 1.54) is 0 Å². The second-order valence-corrected chi connectivity index (χ2v) is 5.97. The van der Waals surface area contributed by atoms with Crippen LogP contribution in [0.15, 0.2) is 91.0 Å². The SMILES string of the molecule is O=C(O)Oc1ccc(-c2cccc3ccccc23)cc1-c1ccccc1. The van der Waals surface area contributed by atoms with Crippen molar-refractivity contribution in [2.24, 2.45) is 0 Å². The summed E-state index contributed by atoms with van der Waals surface area (Å²) in [5, 5.41) is 11.4. The van der Waals surface area contributed by atoms with Crippen LogP contribution in [0.3, 0.4) is 0 Å². The maximum Gasteiger partial charge on any atom is 0.511 e. The second-order valence-electron chi connectivity index (χ2n) is 5.97. The number of carboxylic acid groups (broad SMARTS) is 1. The van der Waals surface area contributed by atoms with E-state index in [2.05, 4.69) is 24.3 Å². The van der Waals surface area contributed by atoms with Crippen LogP contribution < -0.4 is 4.74 Å². The van der Waals surface area contributed by atoms with Crippen LogP contribution in [0.4, 0.5) is 4.79 Å². The highest BCUT2D eigenvalue weighted by Gasteiger charge is 2.13. The maximum atomic E-state index is 11.1. The minimum Gasteiger partial charge on any atom is -0.449 e. The summed E-state index contributed by atoms with van der Waals surface area (Å²) in [6, 6.07) is 29.6. The van der Waals surface area contributed by atoms with Crippen molar-refractivity contribution in [2.45, 2.75) is 0 Å². The maximum absolute atomic E-state index is 11.1. The molecule has 0 saturated carbocycles. The van der Waals surface area contributed by atoms with Crippen LogP contribution in [0.5, 0.6) is 5.75 Å². The number of carbonyl (C=O) groups is 1. The summed E-state index contributed by atoms with van der Waals surface area (Å²) in [6.07, 6.45) is -1.32. The lowest BCUT2D eigenvalue weighted by molar-refractivity contribution is 0.144. The highest BCUT2D eigenvalue weighted by atomic mass is 16.7. The van der Waals surface area contributed by atoms with Crippen LogP contribution in [-0.4, -0.2) is 11.3 Å². The summed E-state index contributed by atoms with van der Waals surface area (Å²) >= 11 is 0. The van der Waals surface area contributed by atoms with Gasteiger partial charge in [-0.1, -0.05) is 78.9 Å². The fraction of sp³-hybridized carbons (Fsp3) is 0. The third kappa shape index (κ3) is 3.03. The number of hydrogen-bond donors (Lipinski definition) is 1. The fourth-order valence-corrected chi connectivity index (χ4v) is 3.20. The first-order valence-corrected chi connectivity index (χ1v) is 8.31. The highest BCUT2D eigenvalue weighted by Crippen LogP contribution is 2.36. The Kier molecular flexibility index (Phi) is 4.12. The summed E-state index contributed by atoms with van der Waals surface area (Å²) in [7, 11) is 0. The van der Waals surface area contributed by atoms with Gasteiger partial charge in [-0.05, 0) is 39.6 Å². The molecule has 1 N–H and O–H groups in total. The van der Waals surface area contributed by atoms with Crippen molar-refractivity contribution in [3.63, 3.8) is 0 Å². The fourth-order valence-electron chi connectivity index (χ4n) is 3.20. The van der Waals surface area contributed by atoms with E-state index in [-0.39, 0.29) is 0 Å². The molecule has 0 atom stereocenters. The van der Waals surface area contributed by atoms with Gasteiger partial charge in [0.25, 0.3) is 0 Å².